The van der Waals surface area contributed by atoms with Crippen LogP contribution in [0.25, 0.3) is 0 Å². The largest absolute Gasteiger partial charge is 0.481 e. The lowest BCUT2D eigenvalue weighted by atomic mass is 10.3. The summed E-state index contributed by atoms with van der Waals surface area (Å²) in [6, 6.07) is 5.28. The summed E-state index contributed by atoms with van der Waals surface area (Å²) in [4.78, 5) is 11.7. The topological polar surface area (TPSA) is 83.2 Å². The number of ether oxygens (including phenoxy) is 2. The minimum atomic E-state index is 0.190. The van der Waals surface area contributed by atoms with Crippen molar-refractivity contribution in [3.8, 4) is 11.8 Å². The minimum Gasteiger partial charge on any atom is -0.481 e. The van der Waals surface area contributed by atoms with E-state index in [0.717, 1.165) is 5.56 Å². The van der Waals surface area contributed by atoms with Crippen molar-refractivity contribution >= 4 is 5.95 Å². The van der Waals surface area contributed by atoms with Crippen molar-refractivity contribution in [2.45, 2.75) is 6.61 Å². The number of anilines is 1. The van der Waals surface area contributed by atoms with Crippen molar-refractivity contribution < 1.29 is 9.47 Å². The predicted octanol–water partition coefficient (Wildman–Crippen LogP) is 1.04. The first kappa shape index (κ1) is 11.1. The highest BCUT2D eigenvalue weighted by Gasteiger charge is 2.00. The van der Waals surface area contributed by atoms with E-state index in [-0.39, 0.29) is 5.95 Å². The number of nitrogen functional groups attached to an aromatic ring is 1. The molecule has 0 aromatic carbocycles. The fourth-order valence-electron chi connectivity index (χ4n) is 1.25. The van der Waals surface area contributed by atoms with E-state index in [1.54, 1.807) is 31.6 Å². The van der Waals surface area contributed by atoms with Crippen molar-refractivity contribution in [3.05, 3.63) is 36.2 Å². The Labute approximate surface area is 98.4 Å². The molecule has 2 aromatic heterocycles. The Kier molecular flexibility index (Phi) is 3.34. The van der Waals surface area contributed by atoms with E-state index in [1.165, 1.54) is 0 Å². The second-order valence-electron chi connectivity index (χ2n) is 3.25. The van der Waals surface area contributed by atoms with Crippen LogP contribution in [0, 0.1) is 0 Å². The van der Waals surface area contributed by atoms with Gasteiger partial charge in [0.25, 0.3) is 0 Å². The van der Waals surface area contributed by atoms with Crippen LogP contribution in [-0.2, 0) is 6.61 Å². The van der Waals surface area contributed by atoms with Crippen LogP contribution in [0.2, 0.25) is 0 Å². The fourth-order valence-corrected chi connectivity index (χ4v) is 1.25. The molecule has 0 aliphatic rings. The van der Waals surface area contributed by atoms with Gasteiger partial charge in [-0.25, -0.2) is 9.97 Å². The Bertz CT molecular complexity index is 504. The van der Waals surface area contributed by atoms with E-state index >= 15 is 0 Å². The third kappa shape index (κ3) is 3.04. The summed E-state index contributed by atoms with van der Waals surface area (Å²) in [6.45, 7) is 0.370. The van der Waals surface area contributed by atoms with Crippen LogP contribution in [0.5, 0.6) is 11.8 Å². The van der Waals surface area contributed by atoms with Crippen LogP contribution in [0.15, 0.2) is 30.6 Å². The van der Waals surface area contributed by atoms with E-state index in [4.69, 9.17) is 15.2 Å². The van der Waals surface area contributed by atoms with E-state index in [2.05, 4.69) is 15.0 Å². The van der Waals surface area contributed by atoms with Gasteiger partial charge in [0.2, 0.25) is 17.7 Å². The van der Waals surface area contributed by atoms with Crippen molar-refractivity contribution in [3.63, 3.8) is 0 Å². The van der Waals surface area contributed by atoms with Crippen LogP contribution in [0.1, 0.15) is 5.56 Å². The zero-order valence-electron chi connectivity index (χ0n) is 9.33. The Morgan fingerprint density at radius 1 is 1.18 bits per heavy atom. The van der Waals surface area contributed by atoms with Crippen LogP contribution >= 0.6 is 0 Å². The molecule has 0 amide bonds. The van der Waals surface area contributed by atoms with Gasteiger partial charge < -0.3 is 15.2 Å². The lowest BCUT2D eigenvalue weighted by Crippen LogP contribution is -2.01. The third-order valence-corrected chi connectivity index (χ3v) is 2.04. The maximum Gasteiger partial charge on any atom is 0.223 e. The SMILES string of the molecule is COc1cc(COc2ccnc(N)n2)ccn1. The first-order chi connectivity index (χ1) is 8.28. The highest BCUT2D eigenvalue weighted by Crippen LogP contribution is 2.12. The van der Waals surface area contributed by atoms with E-state index in [1.807, 2.05) is 6.07 Å². The molecule has 0 saturated carbocycles. The summed E-state index contributed by atoms with van der Waals surface area (Å²) in [6.07, 6.45) is 3.21. The molecule has 2 heterocycles. The Balaban J connectivity index is 2.02. The normalized spacial score (nSPS) is 9.94. The lowest BCUT2D eigenvalue weighted by molar-refractivity contribution is 0.292. The minimum absolute atomic E-state index is 0.190. The first-order valence-electron chi connectivity index (χ1n) is 4.98. The number of nitrogens with zero attached hydrogens (tertiary/aromatic N) is 3. The second kappa shape index (κ2) is 5.11. The highest BCUT2D eigenvalue weighted by molar-refractivity contribution is 5.23. The van der Waals surface area contributed by atoms with Gasteiger partial charge in [-0.2, -0.15) is 4.98 Å². The Morgan fingerprint density at radius 3 is 2.76 bits per heavy atom. The smallest absolute Gasteiger partial charge is 0.223 e. The van der Waals surface area contributed by atoms with Crippen LogP contribution in [0.4, 0.5) is 5.95 Å². The van der Waals surface area contributed by atoms with E-state index in [9.17, 15) is 0 Å². The monoisotopic (exact) mass is 232 g/mol. The number of methoxy groups -OCH3 is 1. The molecule has 6 nitrogen and oxygen atoms in total. The molecule has 0 bridgehead atoms. The van der Waals surface area contributed by atoms with Gasteiger partial charge in [0.1, 0.15) is 6.61 Å². The summed E-state index contributed by atoms with van der Waals surface area (Å²) in [5.74, 6) is 1.18. The number of hydrogen-bond acceptors (Lipinski definition) is 6. The molecule has 88 valence electrons. The number of aromatic nitrogens is 3. The zero-order chi connectivity index (χ0) is 12.1. The van der Waals surface area contributed by atoms with Gasteiger partial charge in [-0.3, -0.25) is 0 Å². The highest BCUT2D eigenvalue weighted by atomic mass is 16.5. The summed E-state index contributed by atoms with van der Waals surface area (Å²) in [7, 11) is 1.57. The quantitative estimate of drug-likeness (QED) is 0.848. The summed E-state index contributed by atoms with van der Waals surface area (Å²) in [5.41, 5.74) is 6.38. The molecule has 2 N–H and O–H groups in total. The predicted molar refractivity (Wildman–Crippen MR) is 61.6 cm³/mol. The first-order valence-corrected chi connectivity index (χ1v) is 4.98. The molecule has 0 radical (unpaired) electrons. The molecule has 2 rings (SSSR count). The number of pyridine rings is 1. The number of nitrogens with two attached hydrogens (primary N) is 1. The summed E-state index contributed by atoms with van der Waals surface area (Å²) < 4.78 is 10.5. The number of hydrogen-bond donors (Lipinski definition) is 1. The average molecular weight is 232 g/mol. The Hall–Kier alpha value is -2.37. The van der Waals surface area contributed by atoms with E-state index < -0.39 is 0 Å². The molecule has 0 aliphatic heterocycles. The summed E-state index contributed by atoms with van der Waals surface area (Å²) in [5, 5.41) is 0. The standard InChI is InChI=1S/C11H12N4O2/c1-16-10-6-8(2-4-13-10)7-17-9-3-5-14-11(12)15-9/h2-6H,7H2,1H3,(H2,12,14,15). The molecule has 6 heteroatoms. The Morgan fingerprint density at radius 2 is 2.00 bits per heavy atom. The summed E-state index contributed by atoms with van der Waals surface area (Å²) >= 11 is 0. The third-order valence-electron chi connectivity index (χ3n) is 2.04. The van der Waals surface area contributed by atoms with Gasteiger partial charge in [-0.1, -0.05) is 0 Å². The van der Waals surface area contributed by atoms with Gasteiger partial charge in [0.05, 0.1) is 7.11 Å². The maximum atomic E-state index is 5.46. The molecule has 17 heavy (non-hydrogen) atoms. The van der Waals surface area contributed by atoms with Gasteiger partial charge in [-0.05, 0) is 11.6 Å². The molecule has 2 aromatic rings. The molecule has 0 saturated heterocycles. The van der Waals surface area contributed by atoms with Gasteiger partial charge in [0.15, 0.2) is 0 Å². The fraction of sp³-hybridized carbons (Fsp3) is 0.182. The van der Waals surface area contributed by atoms with Crippen LogP contribution in [0.3, 0.4) is 0 Å². The van der Waals surface area contributed by atoms with Gasteiger partial charge >= 0.3 is 0 Å². The van der Waals surface area contributed by atoms with Crippen molar-refractivity contribution in [2.24, 2.45) is 0 Å². The molecule has 0 aliphatic carbocycles. The zero-order valence-corrected chi connectivity index (χ0v) is 9.33. The molecular formula is C11H12N4O2. The van der Waals surface area contributed by atoms with Crippen molar-refractivity contribution in [1.82, 2.24) is 15.0 Å². The molecular weight excluding hydrogens is 220 g/mol. The molecule has 0 fully saturated rings. The average Bonchev–Trinajstić information content (AvgIpc) is 2.37. The van der Waals surface area contributed by atoms with E-state index in [0.29, 0.717) is 18.4 Å². The van der Waals surface area contributed by atoms with Crippen molar-refractivity contribution in [1.29, 1.82) is 0 Å². The maximum absolute atomic E-state index is 5.46. The lowest BCUT2D eigenvalue weighted by Gasteiger charge is -2.06. The molecule has 0 atom stereocenters. The van der Waals surface area contributed by atoms with Gasteiger partial charge in [-0.15, -0.1) is 0 Å². The molecule has 0 unspecified atom stereocenters. The second-order valence-corrected chi connectivity index (χ2v) is 3.25. The molecule has 0 spiro atoms. The van der Waals surface area contributed by atoms with Gasteiger partial charge in [0, 0.05) is 24.5 Å². The van der Waals surface area contributed by atoms with Crippen LogP contribution in [-0.4, -0.2) is 22.1 Å². The van der Waals surface area contributed by atoms with Crippen molar-refractivity contribution in [2.75, 3.05) is 12.8 Å². The van der Waals surface area contributed by atoms with Crippen LogP contribution < -0.4 is 15.2 Å². The number of rotatable bonds is 4.